The maximum Gasteiger partial charge on any atom is 0.255 e. The standard InChI is InChI=1S/C11H11NO2S/c1-8(10-3-2-6-15-10)12-11(13)9-4-5-14-7-9/h2-8H,1H3,(H,12,13)/t8-/m1/s1. The maximum atomic E-state index is 11.6. The van der Waals surface area contributed by atoms with E-state index in [4.69, 9.17) is 4.42 Å². The number of hydrogen-bond donors (Lipinski definition) is 1. The topological polar surface area (TPSA) is 42.2 Å². The van der Waals surface area contributed by atoms with Crippen LogP contribution in [0.15, 0.2) is 40.5 Å². The molecule has 0 fully saturated rings. The molecule has 0 radical (unpaired) electrons. The Morgan fingerprint density at radius 2 is 2.40 bits per heavy atom. The molecule has 0 aromatic carbocycles. The summed E-state index contributed by atoms with van der Waals surface area (Å²) in [7, 11) is 0. The van der Waals surface area contributed by atoms with E-state index in [-0.39, 0.29) is 11.9 Å². The zero-order valence-corrected chi connectivity index (χ0v) is 9.08. The van der Waals surface area contributed by atoms with E-state index in [2.05, 4.69) is 5.32 Å². The van der Waals surface area contributed by atoms with Crippen molar-refractivity contribution in [3.05, 3.63) is 46.5 Å². The van der Waals surface area contributed by atoms with Gasteiger partial charge < -0.3 is 9.73 Å². The first-order valence-corrected chi connectivity index (χ1v) is 5.52. The highest BCUT2D eigenvalue weighted by atomic mass is 32.1. The van der Waals surface area contributed by atoms with E-state index in [0.29, 0.717) is 5.56 Å². The number of amides is 1. The molecule has 0 spiro atoms. The summed E-state index contributed by atoms with van der Waals surface area (Å²) >= 11 is 1.63. The second-order valence-electron chi connectivity index (χ2n) is 3.22. The largest absolute Gasteiger partial charge is 0.472 e. The fourth-order valence-corrected chi connectivity index (χ4v) is 2.02. The molecule has 78 valence electrons. The Kier molecular flexibility index (Phi) is 2.87. The van der Waals surface area contributed by atoms with Gasteiger partial charge in [0.1, 0.15) is 6.26 Å². The van der Waals surface area contributed by atoms with Crippen molar-refractivity contribution in [2.24, 2.45) is 0 Å². The van der Waals surface area contributed by atoms with E-state index >= 15 is 0 Å². The van der Waals surface area contributed by atoms with Crippen LogP contribution in [0.5, 0.6) is 0 Å². The predicted molar refractivity (Wildman–Crippen MR) is 58.9 cm³/mol. The molecular formula is C11H11NO2S. The minimum absolute atomic E-state index is 0.0346. The van der Waals surface area contributed by atoms with E-state index in [9.17, 15) is 4.79 Å². The molecule has 2 rings (SSSR count). The van der Waals surface area contributed by atoms with Crippen LogP contribution in [0, 0.1) is 0 Å². The van der Waals surface area contributed by atoms with Gasteiger partial charge in [0.05, 0.1) is 17.9 Å². The number of rotatable bonds is 3. The van der Waals surface area contributed by atoms with Gasteiger partial charge in [0.15, 0.2) is 0 Å². The zero-order valence-electron chi connectivity index (χ0n) is 8.27. The average Bonchev–Trinajstić information content (AvgIpc) is 2.91. The van der Waals surface area contributed by atoms with Crippen molar-refractivity contribution in [1.82, 2.24) is 5.32 Å². The molecule has 15 heavy (non-hydrogen) atoms. The highest BCUT2D eigenvalue weighted by Crippen LogP contribution is 2.18. The van der Waals surface area contributed by atoms with E-state index in [1.165, 1.54) is 12.5 Å². The highest BCUT2D eigenvalue weighted by Gasteiger charge is 2.12. The summed E-state index contributed by atoms with van der Waals surface area (Å²) in [5.41, 5.74) is 0.554. The summed E-state index contributed by atoms with van der Waals surface area (Å²) < 4.78 is 4.85. The third-order valence-corrected chi connectivity index (χ3v) is 3.16. The Morgan fingerprint density at radius 3 is 3.00 bits per heavy atom. The number of hydrogen-bond acceptors (Lipinski definition) is 3. The fourth-order valence-electron chi connectivity index (χ4n) is 1.28. The molecule has 0 bridgehead atoms. The Morgan fingerprint density at radius 1 is 1.53 bits per heavy atom. The van der Waals surface area contributed by atoms with Crippen molar-refractivity contribution in [2.75, 3.05) is 0 Å². The third kappa shape index (κ3) is 2.27. The maximum absolute atomic E-state index is 11.6. The monoisotopic (exact) mass is 221 g/mol. The van der Waals surface area contributed by atoms with Crippen molar-refractivity contribution in [3.8, 4) is 0 Å². The third-order valence-electron chi connectivity index (χ3n) is 2.10. The lowest BCUT2D eigenvalue weighted by Gasteiger charge is -2.10. The normalized spacial score (nSPS) is 12.3. The predicted octanol–water partition coefficient (Wildman–Crippen LogP) is 2.83. The lowest BCUT2D eigenvalue weighted by molar-refractivity contribution is 0.0940. The molecule has 1 atom stereocenters. The first-order valence-electron chi connectivity index (χ1n) is 4.64. The number of carbonyl (C=O) groups excluding carboxylic acids is 1. The minimum Gasteiger partial charge on any atom is -0.472 e. The summed E-state index contributed by atoms with van der Waals surface area (Å²) in [4.78, 5) is 12.8. The molecule has 0 saturated carbocycles. The Balaban J connectivity index is 2.01. The van der Waals surface area contributed by atoms with Gasteiger partial charge in [-0.2, -0.15) is 0 Å². The van der Waals surface area contributed by atoms with E-state index < -0.39 is 0 Å². The molecule has 1 N–H and O–H groups in total. The summed E-state index contributed by atoms with van der Waals surface area (Å²) in [5, 5.41) is 4.89. The molecule has 0 aliphatic carbocycles. The van der Waals surface area contributed by atoms with E-state index in [1.807, 2.05) is 24.4 Å². The second-order valence-corrected chi connectivity index (χ2v) is 4.20. The molecule has 2 heterocycles. The first kappa shape index (κ1) is 9.98. The van der Waals surface area contributed by atoms with Crippen LogP contribution in [0.4, 0.5) is 0 Å². The molecule has 0 aliphatic heterocycles. The minimum atomic E-state index is -0.107. The van der Waals surface area contributed by atoms with Crippen LogP contribution in [0.1, 0.15) is 28.2 Å². The van der Waals surface area contributed by atoms with Crippen LogP contribution < -0.4 is 5.32 Å². The van der Waals surface area contributed by atoms with Gasteiger partial charge in [-0.25, -0.2) is 0 Å². The fraction of sp³-hybridized carbons (Fsp3) is 0.182. The van der Waals surface area contributed by atoms with Crippen molar-refractivity contribution in [2.45, 2.75) is 13.0 Å². The van der Waals surface area contributed by atoms with Gasteiger partial charge in [0.2, 0.25) is 0 Å². The molecule has 1 amide bonds. The van der Waals surface area contributed by atoms with Crippen LogP contribution in [0.2, 0.25) is 0 Å². The first-order chi connectivity index (χ1) is 7.27. The van der Waals surface area contributed by atoms with Crippen LogP contribution in [-0.4, -0.2) is 5.91 Å². The number of nitrogens with one attached hydrogen (secondary N) is 1. The summed E-state index contributed by atoms with van der Waals surface area (Å²) in [6, 6.07) is 5.66. The lowest BCUT2D eigenvalue weighted by Crippen LogP contribution is -2.25. The molecule has 3 nitrogen and oxygen atoms in total. The molecule has 0 saturated heterocycles. The van der Waals surface area contributed by atoms with Crippen LogP contribution >= 0.6 is 11.3 Å². The highest BCUT2D eigenvalue weighted by molar-refractivity contribution is 7.10. The molecule has 2 aromatic rings. The van der Waals surface area contributed by atoms with Gasteiger partial charge in [0.25, 0.3) is 5.91 Å². The van der Waals surface area contributed by atoms with Crippen LogP contribution in [-0.2, 0) is 0 Å². The molecule has 0 aliphatic rings. The van der Waals surface area contributed by atoms with Gasteiger partial charge in [-0.3, -0.25) is 4.79 Å². The lowest BCUT2D eigenvalue weighted by atomic mass is 10.2. The van der Waals surface area contributed by atoms with E-state index in [1.54, 1.807) is 17.4 Å². The molecule has 2 aromatic heterocycles. The second kappa shape index (κ2) is 4.31. The van der Waals surface area contributed by atoms with E-state index in [0.717, 1.165) is 4.88 Å². The van der Waals surface area contributed by atoms with Crippen LogP contribution in [0.3, 0.4) is 0 Å². The van der Waals surface area contributed by atoms with Gasteiger partial charge in [-0.1, -0.05) is 6.07 Å². The Labute approximate surface area is 91.7 Å². The number of thiophene rings is 1. The van der Waals surface area contributed by atoms with Crippen molar-refractivity contribution >= 4 is 17.2 Å². The van der Waals surface area contributed by atoms with Gasteiger partial charge in [0, 0.05) is 4.88 Å². The number of carbonyl (C=O) groups is 1. The molecule has 4 heteroatoms. The SMILES string of the molecule is C[C@@H](NC(=O)c1ccoc1)c1cccs1. The number of furan rings is 1. The van der Waals surface area contributed by atoms with Gasteiger partial charge >= 0.3 is 0 Å². The summed E-state index contributed by atoms with van der Waals surface area (Å²) in [6.07, 6.45) is 2.93. The van der Waals surface area contributed by atoms with Crippen molar-refractivity contribution in [3.63, 3.8) is 0 Å². The van der Waals surface area contributed by atoms with Crippen molar-refractivity contribution in [1.29, 1.82) is 0 Å². The average molecular weight is 221 g/mol. The van der Waals surface area contributed by atoms with Gasteiger partial charge in [-0.05, 0) is 24.4 Å². The molecular weight excluding hydrogens is 210 g/mol. The van der Waals surface area contributed by atoms with Gasteiger partial charge in [-0.15, -0.1) is 11.3 Å². The zero-order chi connectivity index (χ0) is 10.7. The summed E-state index contributed by atoms with van der Waals surface area (Å²) in [6.45, 7) is 1.96. The van der Waals surface area contributed by atoms with Crippen molar-refractivity contribution < 1.29 is 9.21 Å². The Bertz CT molecular complexity index is 419. The Hall–Kier alpha value is -1.55. The smallest absolute Gasteiger partial charge is 0.255 e. The summed E-state index contributed by atoms with van der Waals surface area (Å²) in [5.74, 6) is -0.107. The van der Waals surface area contributed by atoms with Crippen LogP contribution in [0.25, 0.3) is 0 Å². The quantitative estimate of drug-likeness (QED) is 0.866. The molecule has 0 unspecified atom stereocenters.